The SMILES string of the molecule is Cc1ccc2c(c1)[C@@H]1C=CC[C@@H]1[C@H](c1ccc(N=Cc3ccc(O)c(Br)c3)cc1)N2. The molecule has 3 aromatic carbocycles. The van der Waals surface area contributed by atoms with Gasteiger partial charge in [0.2, 0.25) is 0 Å². The van der Waals surface area contributed by atoms with Crippen LogP contribution in [0.1, 0.15) is 40.6 Å². The highest BCUT2D eigenvalue weighted by molar-refractivity contribution is 9.10. The molecular formula is C26H23BrN2O. The van der Waals surface area contributed by atoms with E-state index in [9.17, 15) is 5.11 Å². The van der Waals surface area contributed by atoms with Gasteiger partial charge in [0.1, 0.15) is 5.75 Å². The van der Waals surface area contributed by atoms with Crippen molar-refractivity contribution in [2.75, 3.05) is 5.32 Å². The zero-order chi connectivity index (χ0) is 20.7. The Hall–Kier alpha value is -2.85. The molecule has 0 radical (unpaired) electrons. The summed E-state index contributed by atoms with van der Waals surface area (Å²) < 4.78 is 0.667. The maximum Gasteiger partial charge on any atom is 0.129 e. The molecule has 5 rings (SSSR count). The maximum absolute atomic E-state index is 9.62. The first kappa shape index (κ1) is 19.1. The molecule has 4 heteroatoms. The number of aromatic hydroxyl groups is 1. The highest BCUT2D eigenvalue weighted by Gasteiger charge is 2.37. The van der Waals surface area contributed by atoms with Gasteiger partial charge in [-0.25, -0.2) is 0 Å². The number of hydrogen-bond acceptors (Lipinski definition) is 3. The minimum Gasteiger partial charge on any atom is -0.507 e. The number of allylic oxidation sites excluding steroid dienone is 2. The van der Waals surface area contributed by atoms with Crippen LogP contribution in [0.25, 0.3) is 0 Å². The van der Waals surface area contributed by atoms with Gasteiger partial charge in [0.05, 0.1) is 16.2 Å². The molecule has 0 saturated carbocycles. The number of aryl methyl sites for hydroxylation is 1. The van der Waals surface area contributed by atoms with E-state index in [0.29, 0.717) is 22.4 Å². The van der Waals surface area contributed by atoms with Crippen LogP contribution in [0.2, 0.25) is 0 Å². The van der Waals surface area contributed by atoms with Gasteiger partial charge in [0.25, 0.3) is 0 Å². The molecule has 1 heterocycles. The quantitative estimate of drug-likeness (QED) is 0.326. The van der Waals surface area contributed by atoms with E-state index in [4.69, 9.17) is 0 Å². The number of phenolic OH excluding ortho intramolecular Hbond substituents is 1. The molecule has 30 heavy (non-hydrogen) atoms. The van der Waals surface area contributed by atoms with E-state index < -0.39 is 0 Å². The number of halogens is 1. The molecule has 3 atom stereocenters. The van der Waals surface area contributed by atoms with Gasteiger partial charge in [0, 0.05) is 17.8 Å². The highest BCUT2D eigenvalue weighted by atomic mass is 79.9. The molecule has 150 valence electrons. The third kappa shape index (κ3) is 3.56. The summed E-state index contributed by atoms with van der Waals surface area (Å²) in [4.78, 5) is 4.59. The lowest BCUT2D eigenvalue weighted by molar-refractivity contribution is 0.425. The number of nitrogens with one attached hydrogen (secondary N) is 1. The van der Waals surface area contributed by atoms with E-state index in [1.54, 1.807) is 6.07 Å². The number of fused-ring (bicyclic) bond motifs is 3. The predicted molar refractivity (Wildman–Crippen MR) is 127 cm³/mol. The first-order chi connectivity index (χ1) is 14.6. The maximum atomic E-state index is 9.62. The summed E-state index contributed by atoms with van der Waals surface area (Å²) in [6, 6.07) is 20.9. The Morgan fingerprint density at radius 1 is 1.07 bits per heavy atom. The van der Waals surface area contributed by atoms with Crippen LogP contribution in [0.15, 0.2) is 82.3 Å². The topological polar surface area (TPSA) is 44.6 Å². The van der Waals surface area contributed by atoms with Gasteiger partial charge in [-0.05, 0) is 88.3 Å². The van der Waals surface area contributed by atoms with Gasteiger partial charge >= 0.3 is 0 Å². The summed E-state index contributed by atoms with van der Waals surface area (Å²) in [5, 5.41) is 13.4. The molecule has 0 spiro atoms. The number of phenols is 1. The molecule has 2 N–H and O–H groups in total. The van der Waals surface area contributed by atoms with Crippen LogP contribution in [0, 0.1) is 12.8 Å². The second-order valence-electron chi connectivity index (χ2n) is 8.13. The van der Waals surface area contributed by atoms with E-state index in [2.05, 4.69) is 87.8 Å². The largest absolute Gasteiger partial charge is 0.507 e. The van der Waals surface area contributed by atoms with Crippen LogP contribution >= 0.6 is 15.9 Å². The predicted octanol–water partition coefficient (Wildman–Crippen LogP) is 7.04. The van der Waals surface area contributed by atoms with Crippen molar-refractivity contribution in [1.29, 1.82) is 0 Å². The summed E-state index contributed by atoms with van der Waals surface area (Å²) in [6.45, 7) is 2.16. The molecule has 3 aromatic rings. The van der Waals surface area contributed by atoms with E-state index in [0.717, 1.165) is 17.7 Å². The second-order valence-corrected chi connectivity index (χ2v) is 8.98. The molecule has 0 unspecified atom stereocenters. The summed E-state index contributed by atoms with van der Waals surface area (Å²) >= 11 is 3.34. The van der Waals surface area contributed by atoms with Crippen molar-refractivity contribution in [2.45, 2.75) is 25.3 Å². The van der Waals surface area contributed by atoms with Gasteiger partial charge < -0.3 is 10.4 Å². The van der Waals surface area contributed by atoms with Crippen LogP contribution in [0.3, 0.4) is 0 Å². The van der Waals surface area contributed by atoms with Crippen molar-refractivity contribution < 1.29 is 5.11 Å². The van der Waals surface area contributed by atoms with E-state index in [-0.39, 0.29) is 5.75 Å². The van der Waals surface area contributed by atoms with Crippen molar-refractivity contribution in [3.8, 4) is 5.75 Å². The molecule has 0 saturated heterocycles. The summed E-state index contributed by atoms with van der Waals surface area (Å²) in [5.41, 5.74) is 7.13. The minimum absolute atomic E-state index is 0.230. The monoisotopic (exact) mass is 458 g/mol. The molecule has 1 aliphatic heterocycles. The normalized spacial score (nSPS) is 22.0. The Morgan fingerprint density at radius 3 is 2.70 bits per heavy atom. The number of hydrogen-bond donors (Lipinski definition) is 2. The lowest BCUT2D eigenvalue weighted by Gasteiger charge is -2.37. The standard InChI is InChI=1S/C26H23BrN2O/c1-16-5-11-24-22(13-16)20-3-2-4-21(20)26(29-24)18-7-9-19(10-8-18)28-15-17-6-12-25(30)23(27)14-17/h2-3,5-15,20-21,26,29-30H,4H2,1H3/t20-,21+,26+/m1/s1. The first-order valence-electron chi connectivity index (χ1n) is 10.2. The van der Waals surface area contributed by atoms with Gasteiger partial charge in [-0.1, -0.05) is 42.0 Å². The average Bonchev–Trinajstić information content (AvgIpc) is 3.25. The molecule has 1 aliphatic carbocycles. The second kappa shape index (κ2) is 7.77. The number of aliphatic imine (C=N–C) groups is 1. The van der Waals surface area contributed by atoms with Crippen LogP contribution in [-0.2, 0) is 0 Å². The van der Waals surface area contributed by atoms with E-state index in [1.165, 1.54) is 22.4 Å². The fourth-order valence-electron chi connectivity index (χ4n) is 4.56. The Labute approximate surface area is 185 Å². The summed E-state index contributed by atoms with van der Waals surface area (Å²) in [6.07, 6.45) is 7.63. The Kier molecular flexibility index (Phi) is 4.95. The lowest BCUT2D eigenvalue weighted by atomic mass is 9.76. The Balaban J connectivity index is 1.38. The molecule has 0 amide bonds. The van der Waals surface area contributed by atoms with Crippen molar-refractivity contribution in [3.63, 3.8) is 0 Å². The fraction of sp³-hybridized carbons (Fsp3) is 0.192. The zero-order valence-electron chi connectivity index (χ0n) is 16.7. The molecule has 0 fully saturated rings. The van der Waals surface area contributed by atoms with Crippen molar-refractivity contribution >= 4 is 33.5 Å². The number of benzene rings is 3. The van der Waals surface area contributed by atoms with Gasteiger partial charge in [0.15, 0.2) is 0 Å². The van der Waals surface area contributed by atoms with Crippen LogP contribution in [0.4, 0.5) is 11.4 Å². The van der Waals surface area contributed by atoms with Crippen molar-refractivity contribution in [3.05, 3.63) is 99.5 Å². The molecule has 0 bridgehead atoms. The molecule has 3 nitrogen and oxygen atoms in total. The van der Waals surface area contributed by atoms with Crippen molar-refractivity contribution in [1.82, 2.24) is 0 Å². The van der Waals surface area contributed by atoms with Crippen LogP contribution in [0.5, 0.6) is 5.75 Å². The highest BCUT2D eigenvalue weighted by Crippen LogP contribution is 2.50. The minimum atomic E-state index is 0.230. The average molecular weight is 459 g/mol. The van der Waals surface area contributed by atoms with Gasteiger partial charge in [-0.2, -0.15) is 0 Å². The smallest absolute Gasteiger partial charge is 0.129 e. The fourth-order valence-corrected chi connectivity index (χ4v) is 4.96. The van der Waals surface area contributed by atoms with Crippen LogP contribution < -0.4 is 5.32 Å². The number of rotatable bonds is 3. The van der Waals surface area contributed by atoms with Crippen LogP contribution in [-0.4, -0.2) is 11.3 Å². The number of nitrogens with zero attached hydrogens (tertiary/aromatic N) is 1. The molecule has 0 aromatic heterocycles. The zero-order valence-corrected chi connectivity index (χ0v) is 18.3. The Morgan fingerprint density at radius 2 is 1.90 bits per heavy atom. The van der Waals surface area contributed by atoms with Gasteiger partial charge in [-0.3, -0.25) is 4.99 Å². The molecule has 2 aliphatic rings. The summed E-state index contributed by atoms with van der Waals surface area (Å²) in [5.74, 6) is 1.26. The molecular weight excluding hydrogens is 436 g/mol. The van der Waals surface area contributed by atoms with Gasteiger partial charge in [-0.15, -0.1) is 0 Å². The third-order valence-electron chi connectivity index (χ3n) is 6.10. The first-order valence-corrected chi connectivity index (χ1v) is 11.0. The van der Waals surface area contributed by atoms with E-state index in [1.807, 2.05) is 18.3 Å². The Bertz CT molecular complexity index is 1150. The van der Waals surface area contributed by atoms with Crippen molar-refractivity contribution in [2.24, 2.45) is 10.9 Å². The van der Waals surface area contributed by atoms with E-state index >= 15 is 0 Å². The number of anilines is 1. The summed E-state index contributed by atoms with van der Waals surface area (Å²) in [7, 11) is 0. The third-order valence-corrected chi connectivity index (χ3v) is 6.74. The lowest BCUT2D eigenvalue weighted by Crippen LogP contribution is -2.29.